The molecule has 7 heteroatoms. The number of aryl methyl sites for hydroxylation is 1. The Bertz CT molecular complexity index is 957. The van der Waals surface area contributed by atoms with E-state index in [1.807, 2.05) is 6.07 Å². The number of anilines is 1. The third-order valence-electron chi connectivity index (χ3n) is 4.60. The number of ether oxygens (including phenoxy) is 1. The molecule has 2 aliphatic rings. The van der Waals surface area contributed by atoms with E-state index < -0.39 is 11.8 Å². The Labute approximate surface area is 154 Å². The van der Waals surface area contributed by atoms with Gasteiger partial charge in [0, 0.05) is 18.6 Å². The number of carbonyl (C=O) groups is 3. The Balaban J connectivity index is 1.84. The lowest BCUT2D eigenvalue weighted by atomic mass is 10.0. The number of rotatable bonds is 3. The van der Waals surface area contributed by atoms with Gasteiger partial charge in [0.05, 0.1) is 23.4 Å². The van der Waals surface area contributed by atoms with E-state index in [9.17, 15) is 14.4 Å². The number of hydrazine groups is 1. The molecule has 2 aromatic carbocycles. The minimum Gasteiger partial charge on any atom is -0.380 e. The highest BCUT2D eigenvalue weighted by Crippen LogP contribution is 2.36. The average Bonchev–Trinajstić information content (AvgIpc) is 2.87. The van der Waals surface area contributed by atoms with Gasteiger partial charge in [0.2, 0.25) is 5.91 Å². The lowest BCUT2D eigenvalue weighted by Crippen LogP contribution is -2.52. The molecule has 2 heterocycles. The van der Waals surface area contributed by atoms with Gasteiger partial charge in [0.15, 0.2) is 0 Å². The summed E-state index contributed by atoms with van der Waals surface area (Å²) in [5.41, 5.74) is 2.49. The highest BCUT2D eigenvalue weighted by atomic mass is 35.5. The number of hydrogen-bond acceptors (Lipinski definition) is 4. The molecule has 0 bridgehead atoms. The van der Waals surface area contributed by atoms with Crippen LogP contribution in [0.25, 0.3) is 0 Å². The molecule has 0 unspecified atom stereocenters. The molecule has 0 aromatic heterocycles. The molecule has 2 aromatic rings. The molecule has 0 aliphatic carbocycles. The summed E-state index contributed by atoms with van der Waals surface area (Å²) in [5.74, 6) is -1.37. The molecule has 0 fully saturated rings. The summed E-state index contributed by atoms with van der Waals surface area (Å²) < 4.78 is 5.13. The van der Waals surface area contributed by atoms with Gasteiger partial charge in [-0.15, -0.1) is 0 Å². The molecule has 3 amide bonds. The lowest BCUT2D eigenvalue weighted by molar-refractivity contribution is -0.121. The maximum Gasteiger partial charge on any atom is 0.281 e. The van der Waals surface area contributed by atoms with Gasteiger partial charge in [0.1, 0.15) is 0 Å². The average molecular weight is 371 g/mol. The van der Waals surface area contributed by atoms with Crippen LogP contribution in [0.3, 0.4) is 0 Å². The third-order valence-corrected chi connectivity index (χ3v) is 4.83. The smallest absolute Gasteiger partial charge is 0.281 e. The summed E-state index contributed by atoms with van der Waals surface area (Å²) in [6, 6.07) is 10.2. The Morgan fingerprint density at radius 2 is 1.85 bits per heavy atom. The Hall–Kier alpha value is -2.70. The van der Waals surface area contributed by atoms with Crippen molar-refractivity contribution < 1.29 is 19.1 Å². The van der Waals surface area contributed by atoms with E-state index in [1.54, 1.807) is 30.3 Å². The van der Waals surface area contributed by atoms with Gasteiger partial charge in [-0.1, -0.05) is 29.8 Å². The van der Waals surface area contributed by atoms with E-state index in [-0.39, 0.29) is 30.1 Å². The van der Waals surface area contributed by atoms with Gasteiger partial charge < -0.3 is 4.74 Å². The Kier molecular flexibility index (Phi) is 4.01. The first-order valence-corrected chi connectivity index (χ1v) is 8.51. The summed E-state index contributed by atoms with van der Waals surface area (Å²) in [6.07, 6.45) is 0.757. The zero-order chi connectivity index (χ0) is 18.4. The molecule has 0 spiro atoms. The Morgan fingerprint density at radius 1 is 1.04 bits per heavy atom. The van der Waals surface area contributed by atoms with Crippen LogP contribution in [0.1, 0.15) is 38.3 Å². The van der Waals surface area contributed by atoms with Gasteiger partial charge in [-0.2, -0.15) is 5.01 Å². The molecular formula is C19H15ClN2O4. The number of nitrogens with zero attached hydrogens (tertiary/aromatic N) is 2. The fourth-order valence-corrected chi connectivity index (χ4v) is 3.61. The second-order valence-corrected chi connectivity index (χ2v) is 6.61. The minimum absolute atomic E-state index is 0.201. The van der Waals surface area contributed by atoms with Crippen molar-refractivity contribution in [3.05, 3.63) is 63.7 Å². The standard InChI is InChI=1S/C19H15ClN2O4/c1-26-10-12-3-2-4-14-17(12)19(25)22(18(14)24)21-15-9-13(20)7-5-11(15)6-8-16(21)23/h2-5,7,9H,6,8,10H2,1H3. The number of imide groups is 1. The molecule has 4 rings (SSSR count). The first kappa shape index (κ1) is 16.8. The van der Waals surface area contributed by atoms with Gasteiger partial charge in [0.25, 0.3) is 11.8 Å². The van der Waals surface area contributed by atoms with Crippen molar-refractivity contribution in [2.24, 2.45) is 0 Å². The minimum atomic E-state index is -0.529. The molecule has 2 aliphatic heterocycles. The van der Waals surface area contributed by atoms with Crippen molar-refractivity contribution in [3.63, 3.8) is 0 Å². The Morgan fingerprint density at radius 3 is 2.62 bits per heavy atom. The van der Waals surface area contributed by atoms with E-state index in [2.05, 4.69) is 0 Å². The largest absolute Gasteiger partial charge is 0.380 e. The van der Waals surface area contributed by atoms with Gasteiger partial charge in [-0.3, -0.25) is 14.4 Å². The van der Waals surface area contributed by atoms with Crippen molar-refractivity contribution >= 4 is 35.0 Å². The van der Waals surface area contributed by atoms with E-state index in [4.69, 9.17) is 16.3 Å². The van der Waals surface area contributed by atoms with Crippen LogP contribution in [0.2, 0.25) is 5.02 Å². The second kappa shape index (κ2) is 6.23. The zero-order valence-electron chi connectivity index (χ0n) is 14.0. The van der Waals surface area contributed by atoms with Gasteiger partial charge >= 0.3 is 0 Å². The molecule has 0 saturated carbocycles. The van der Waals surface area contributed by atoms with Gasteiger partial charge in [-0.05, 0) is 35.7 Å². The van der Waals surface area contributed by atoms with E-state index in [0.717, 1.165) is 15.6 Å². The highest BCUT2D eigenvalue weighted by Gasteiger charge is 2.44. The predicted octanol–water partition coefficient (Wildman–Crippen LogP) is 2.98. The van der Waals surface area contributed by atoms with Crippen LogP contribution in [-0.4, -0.2) is 29.8 Å². The fraction of sp³-hybridized carbons (Fsp3) is 0.211. The molecular weight excluding hydrogens is 356 g/mol. The molecule has 0 radical (unpaired) electrons. The van der Waals surface area contributed by atoms with Crippen molar-refractivity contribution in [1.29, 1.82) is 0 Å². The predicted molar refractivity (Wildman–Crippen MR) is 94.9 cm³/mol. The number of fused-ring (bicyclic) bond motifs is 2. The van der Waals surface area contributed by atoms with E-state index in [0.29, 0.717) is 22.7 Å². The van der Waals surface area contributed by atoms with Crippen LogP contribution in [-0.2, 0) is 22.6 Å². The topological polar surface area (TPSA) is 66.9 Å². The summed E-state index contributed by atoms with van der Waals surface area (Å²) in [4.78, 5) is 38.6. The molecule has 6 nitrogen and oxygen atoms in total. The number of amides is 3. The molecule has 26 heavy (non-hydrogen) atoms. The first-order valence-electron chi connectivity index (χ1n) is 8.14. The van der Waals surface area contributed by atoms with Crippen molar-refractivity contribution in [1.82, 2.24) is 5.01 Å². The summed E-state index contributed by atoms with van der Waals surface area (Å²) in [6.45, 7) is 0.201. The van der Waals surface area contributed by atoms with Crippen LogP contribution in [0, 0.1) is 0 Å². The summed E-state index contributed by atoms with van der Waals surface area (Å²) in [7, 11) is 1.52. The lowest BCUT2D eigenvalue weighted by Gasteiger charge is -2.34. The van der Waals surface area contributed by atoms with Crippen molar-refractivity contribution in [2.45, 2.75) is 19.4 Å². The number of hydrogen-bond donors (Lipinski definition) is 0. The maximum atomic E-state index is 13.1. The molecule has 0 atom stereocenters. The van der Waals surface area contributed by atoms with Gasteiger partial charge in [-0.25, -0.2) is 5.01 Å². The molecule has 0 saturated heterocycles. The van der Waals surface area contributed by atoms with Crippen molar-refractivity contribution in [2.75, 3.05) is 12.1 Å². The first-order chi connectivity index (χ1) is 12.5. The monoisotopic (exact) mass is 370 g/mol. The van der Waals surface area contributed by atoms with E-state index in [1.165, 1.54) is 7.11 Å². The van der Waals surface area contributed by atoms with Crippen molar-refractivity contribution in [3.8, 4) is 0 Å². The highest BCUT2D eigenvalue weighted by molar-refractivity contribution is 6.31. The third kappa shape index (κ3) is 2.41. The fourth-order valence-electron chi connectivity index (χ4n) is 3.45. The van der Waals surface area contributed by atoms with Crippen LogP contribution in [0.4, 0.5) is 5.69 Å². The number of methoxy groups -OCH3 is 1. The number of benzene rings is 2. The van der Waals surface area contributed by atoms with Crippen LogP contribution < -0.4 is 5.01 Å². The van der Waals surface area contributed by atoms with Crippen LogP contribution >= 0.6 is 11.6 Å². The van der Waals surface area contributed by atoms with E-state index >= 15 is 0 Å². The number of halogens is 1. The maximum absolute atomic E-state index is 13.1. The molecule has 0 N–H and O–H groups in total. The summed E-state index contributed by atoms with van der Waals surface area (Å²) >= 11 is 6.08. The second-order valence-electron chi connectivity index (χ2n) is 6.17. The molecule has 132 valence electrons. The van der Waals surface area contributed by atoms with Crippen LogP contribution in [0.15, 0.2) is 36.4 Å². The number of carbonyl (C=O) groups excluding carboxylic acids is 3. The SMILES string of the molecule is COCc1cccc2c1C(=O)N(N1C(=O)CCc3ccc(Cl)cc31)C2=O. The van der Waals surface area contributed by atoms with Crippen LogP contribution in [0.5, 0.6) is 0 Å². The zero-order valence-corrected chi connectivity index (χ0v) is 14.7. The normalized spacial score (nSPS) is 16.2. The quantitative estimate of drug-likeness (QED) is 0.779. The summed E-state index contributed by atoms with van der Waals surface area (Å²) in [5, 5.41) is 2.51.